The molecule has 0 aliphatic carbocycles. The maximum atomic E-state index is 9.64. The third-order valence-electron chi connectivity index (χ3n) is 1.78. The average Bonchev–Trinajstić information content (AvgIpc) is 2.55. The first-order valence-corrected chi connectivity index (χ1v) is 4.58. The van der Waals surface area contributed by atoms with E-state index < -0.39 is 65.1 Å². The Kier molecular flexibility index (Phi) is 1.43. The lowest BCUT2D eigenvalue weighted by Gasteiger charge is -1.98. The van der Waals surface area contributed by atoms with E-state index in [2.05, 4.69) is 0 Å². The fourth-order valence-electron chi connectivity index (χ4n) is 1.08. The molecule has 3 nitrogen and oxygen atoms in total. The summed E-state index contributed by atoms with van der Waals surface area (Å²) in [6.07, 6.45) is 0. The molecule has 2 aromatic rings. The summed E-state index contributed by atoms with van der Waals surface area (Å²) < 4.78 is 54.1. The molecule has 3 N–H and O–H groups in total. The van der Waals surface area contributed by atoms with Crippen LogP contribution in [-0.2, 0) is 0 Å². The first-order valence-electron chi connectivity index (χ1n) is 8.08. The van der Waals surface area contributed by atoms with E-state index in [4.69, 9.17) is 9.60 Å². The summed E-state index contributed by atoms with van der Waals surface area (Å²) in [6.45, 7) is 0. The Labute approximate surface area is 109 Å². The van der Waals surface area contributed by atoms with Crippen molar-refractivity contribution in [2.45, 2.75) is 0 Å². The van der Waals surface area contributed by atoms with Gasteiger partial charge in [-0.05, 0) is 35.3 Å². The molecule has 0 aliphatic heterocycles. The van der Waals surface area contributed by atoms with Gasteiger partial charge >= 0.3 is 0 Å². The van der Waals surface area contributed by atoms with Crippen molar-refractivity contribution in [1.82, 2.24) is 0 Å². The zero-order valence-corrected chi connectivity index (χ0v) is 8.50. The van der Waals surface area contributed by atoms with Gasteiger partial charge in [0.25, 0.3) is 0 Å². The lowest BCUT2D eigenvalue weighted by atomic mass is 10.1. The molecular weight excluding hydrogens is 216 g/mol. The topological polar surface area (TPSA) is 60.7 Å². The second-order valence-corrected chi connectivity index (χ2v) is 3.08. The van der Waals surface area contributed by atoms with Crippen LogP contribution >= 0.6 is 0 Å². The van der Waals surface area contributed by atoms with Gasteiger partial charge in [0.2, 0.25) is 0 Å². The van der Waals surface area contributed by atoms with Gasteiger partial charge in [0.05, 0.1) is 9.60 Å². The molecule has 0 saturated heterocycles. The van der Waals surface area contributed by atoms with E-state index in [9.17, 15) is 15.3 Å². The molecule has 0 spiro atoms. The van der Waals surface area contributed by atoms with Crippen molar-refractivity contribution in [3.63, 3.8) is 0 Å². The molecule has 2 aromatic carbocycles. The van der Waals surface area contributed by atoms with Gasteiger partial charge in [0.1, 0.15) is 17.2 Å². The van der Waals surface area contributed by atoms with Gasteiger partial charge in [-0.1, -0.05) is 24.2 Å². The third-order valence-corrected chi connectivity index (χ3v) is 1.78. The zero-order chi connectivity index (χ0) is 18.3. The fraction of sp³-hybridized carbons (Fsp3) is 0. The molecule has 0 aromatic heterocycles. The van der Waals surface area contributed by atoms with Crippen LogP contribution in [0.5, 0.6) is 17.2 Å². The molecule has 0 unspecified atom stereocenters. The molecule has 3 heteroatoms. The van der Waals surface area contributed by atoms with Gasteiger partial charge in [0.15, 0.2) is 0 Å². The number of phenolic OH excluding ortho intramolecular Hbond substituents is 3. The minimum atomic E-state index is -0.936. The van der Waals surface area contributed by atoms with Crippen LogP contribution in [0.4, 0.5) is 0 Å². The van der Waals surface area contributed by atoms with E-state index in [0.29, 0.717) is 0 Å². The van der Waals surface area contributed by atoms with E-state index in [1.54, 1.807) is 0 Å². The van der Waals surface area contributed by atoms with Crippen LogP contribution in [0.2, 0.25) is 0 Å². The number of hydrogen-bond donors (Lipinski definition) is 3. The Balaban J connectivity index is 2.79. The summed E-state index contributed by atoms with van der Waals surface area (Å²) in [5.41, 5.74) is -0.777. The van der Waals surface area contributed by atoms with Crippen LogP contribution < -0.4 is 0 Å². The second-order valence-electron chi connectivity index (χ2n) is 3.08. The Morgan fingerprint density at radius 1 is 0.824 bits per heavy atom. The lowest BCUT2D eigenvalue weighted by molar-refractivity contribution is 0.450. The smallest absolute Gasteiger partial charge is 0.119 e. The Morgan fingerprint density at radius 3 is 2.18 bits per heavy atom. The standard InChI is InChI=1S/C14H12O3/c15-12-5-3-10(4-6-12)1-2-11-7-13(16)9-14(17)8-11/h1-9,15-17H/i1D,2D,3D,5D,7D,8D,9D. The molecule has 0 saturated carbocycles. The predicted molar refractivity (Wildman–Crippen MR) is 66.8 cm³/mol. The molecule has 0 radical (unpaired) electrons. The van der Waals surface area contributed by atoms with Gasteiger partial charge < -0.3 is 15.3 Å². The van der Waals surface area contributed by atoms with Crippen molar-refractivity contribution in [2.24, 2.45) is 0 Å². The van der Waals surface area contributed by atoms with E-state index in [1.807, 2.05) is 0 Å². The average molecular weight is 235 g/mol. The summed E-state index contributed by atoms with van der Waals surface area (Å²) >= 11 is 0. The maximum Gasteiger partial charge on any atom is 0.119 e. The predicted octanol–water partition coefficient (Wildman–Crippen LogP) is 2.97. The van der Waals surface area contributed by atoms with E-state index in [0.717, 1.165) is 12.1 Å². The van der Waals surface area contributed by atoms with Crippen LogP contribution in [0.1, 0.15) is 20.7 Å². The van der Waals surface area contributed by atoms with Crippen LogP contribution in [0.15, 0.2) is 42.3 Å². The quantitative estimate of drug-likeness (QED) is 0.701. The molecule has 17 heavy (non-hydrogen) atoms. The SMILES string of the molecule is [2H]C(=C([2H])c1c([2H])c(O)c([2H])c(O)c1[2H])c1ccc(O)c([2H])c1[2H]. The van der Waals surface area contributed by atoms with Crippen molar-refractivity contribution in [3.8, 4) is 17.2 Å². The largest absolute Gasteiger partial charge is 0.508 e. The number of phenols is 3. The number of aromatic hydroxyl groups is 3. The molecular formula is C14H12O3. The lowest BCUT2D eigenvalue weighted by Crippen LogP contribution is -1.74. The molecule has 0 heterocycles. The monoisotopic (exact) mass is 235 g/mol. The Bertz CT molecular complexity index is 848. The van der Waals surface area contributed by atoms with Crippen molar-refractivity contribution in [3.05, 3.63) is 53.5 Å². The molecule has 0 bridgehead atoms. The molecule has 0 fully saturated rings. The molecule has 2 rings (SSSR count). The highest BCUT2D eigenvalue weighted by molar-refractivity contribution is 5.71. The minimum Gasteiger partial charge on any atom is -0.508 e. The van der Waals surface area contributed by atoms with E-state index in [-0.39, 0.29) is 5.56 Å². The molecule has 0 amide bonds. The third kappa shape index (κ3) is 3.01. The van der Waals surface area contributed by atoms with Gasteiger partial charge in [-0.25, -0.2) is 0 Å². The highest BCUT2D eigenvalue weighted by Gasteiger charge is 1.95. The molecule has 0 atom stereocenters. The van der Waals surface area contributed by atoms with Crippen molar-refractivity contribution in [1.29, 1.82) is 0 Å². The van der Waals surface area contributed by atoms with Crippen LogP contribution in [0, 0.1) is 0 Å². The summed E-state index contributed by atoms with van der Waals surface area (Å²) in [6, 6.07) is -2.60. The van der Waals surface area contributed by atoms with Gasteiger partial charge in [-0.15, -0.1) is 0 Å². The summed E-state index contributed by atoms with van der Waals surface area (Å²) in [5, 5.41) is 28.7. The van der Waals surface area contributed by atoms with Crippen LogP contribution in [0.25, 0.3) is 12.1 Å². The molecule has 0 aliphatic rings. The normalized spacial score (nSPS) is 17.8. The molecule has 86 valence electrons. The number of hydrogen-bond acceptors (Lipinski definition) is 3. The Hall–Kier alpha value is -2.42. The van der Waals surface area contributed by atoms with E-state index in [1.165, 1.54) is 0 Å². The highest BCUT2D eigenvalue weighted by Crippen LogP contribution is 2.22. The second kappa shape index (κ2) is 4.61. The van der Waals surface area contributed by atoms with Crippen LogP contribution in [-0.4, -0.2) is 15.3 Å². The fourth-order valence-corrected chi connectivity index (χ4v) is 1.08. The van der Waals surface area contributed by atoms with Gasteiger partial charge in [0, 0.05) is 6.04 Å². The van der Waals surface area contributed by atoms with Crippen molar-refractivity contribution >= 4 is 12.1 Å². The van der Waals surface area contributed by atoms with Gasteiger partial charge in [-0.2, -0.15) is 0 Å². The first kappa shape index (κ1) is 5.27. The number of benzene rings is 2. The van der Waals surface area contributed by atoms with E-state index >= 15 is 0 Å². The highest BCUT2D eigenvalue weighted by atomic mass is 16.3. The Morgan fingerprint density at radius 2 is 1.47 bits per heavy atom. The summed E-state index contributed by atoms with van der Waals surface area (Å²) in [7, 11) is 0. The minimum absolute atomic E-state index is 0.199. The summed E-state index contributed by atoms with van der Waals surface area (Å²) in [5.74, 6) is -2.35. The number of rotatable bonds is 2. The van der Waals surface area contributed by atoms with Crippen molar-refractivity contribution < 1.29 is 24.9 Å². The van der Waals surface area contributed by atoms with Crippen molar-refractivity contribution in [2.75, 3.05) is 0 Å². The van der Waals surface area contributed by atoms with Crippen LogP contribution in [0.3, 0.4) is 0 Å². The maximum absolute atomic E-state index is 9.64. The van der Waals surface area contributed by atoms with Gasteiger partial charge in [-0.3, -0.25) is 0 Å². The zero-order valence-electron chi connectivity index (χ0n) is 15.5. The summed E-state index contributed by atoms with van der Waals surface area (Å²) in [4.78, 5) is 0. The first-order chi connectivity index (χ1) is 11.1.